The fraction of sp³-hybridized carbons (Fsp3) is 0.643. The molecule has 0 saturated heterocycles. The van der Waals surface area contributed by atoms with Gasteiger partial charge in [0.1, 0.15) is 23.7 Å². The summed E-state index contributed by atoms with van der Waals surface area (Å²) in [5.41, 5.74) is -0.00803. The maximum Gasteiger partial charge on any atom is 0.408 e. The summed E-state index contributed by atoms with van der Waals surface area (Å²) in [6, 6.07) is 5.86. The van der Waals surface area contributed by atoms with Crippen LogP contribution in [-0.4, -0.2) is 87.4 Å². The molecule has 42 heavy (non-hydrogen) atoms. The van der Waals surface area contributed by atoms with Gasteiger partial charge >= 0.3 is 12.1 Å². The van der Waals surface area contributed by atoms with E-state index in [0.717, 1.165) is 5.56 Å². The van der Waals surface area contributed by atoms with Crippen molar-refractivity contribution in [3.8, 4) is 0 Å². The van der Waals surface area contributed by atoms with Crippen molar-refractivity contribution >= 4 is 45.7 Å². The quantitative estimate of drug-likeness (QED) is 0.188. The highest BCUT2D eigenvalue weighted by Gasteiger charge is 2.30. The monoisotopic (exact) mass is 630 g/mol. The number of ether oxygens (including phenoxy) is 2. The maximum absolute atomic E-state index is 13.1. The zero-order valence-electron chi connectivity index (χ0n) is 25.5. The molecule has 0 aliphatic heterocycles. The van der Waals surface area contributed by atoms with Crippen LogP contribution in [0.15, 0.2) is 30.3 Å². The Bertz CT molecular complexity index is 1120. The standard InChI is InChI=1S/C28H46N4O8S2/c1-19(2)17-22(30-25(34)21(13-15-41-7)31-27(36)40-28(3,4)5)24(33)29-14-16-42(37,38)32-23(26(35)39-6)18-20-11-9-8-10-12-20/h8-12,19,21-23,32H,13-18H2,1-7H3,(H,29,33)(H,30,34)(H,31,36)/t21-,22-,23-/m0/s1. The van der Waals surface area contributed by atoms with Crippen molar-refractivity contribution < 1.29 is 37.1 Å². The van der Waals surface area contributed by atoms with Crippen LogP contribution in [0.4, 0.5) is 4.79 Å². The topological polar surface area (TPSA) is 169 Å². The number of carbonyl (C=O) groups is 4. The number of amides is 3. The molecule has 0 heterocycles. The molecule has 0 radical (unpaired) electrons. The van der Waals surface area contributed by atoms with Crippen molar-refractivity contribution in [2.75, 3.05) is 31.4 Å². The Labute approximate surface area is 253 Å². The van der Waals surface area contributed by atoms with Gasteiger partial charge in [-0.3, -0.25) is 14.4 Å². The van der Waals surface area contributed by atoms with Crippen molar-refractivity contribution in [3.63, 3.8) is 0 Å². The third kappa shape index (κ3) is 15.4. The van der Waals surface area contributed by atoms with E-state index >= 15 is 0 Å². The molecule has 12 nitrogen and oxygen atoms in total. The zero-order chi connectivity index (χ0) is 31.9. The van der Waals surface area contributed by atoms with E-state index in [0.29, 0.717) is 12.2 Å². The smallest absolute Gasteiger partial charge is 0.408 e. The van der Waals surface area contributed by atoms with Crippen molar-refractivity contribution in [2.24, 2.45) is 5.92 Å². The molecule has 1 aromatic rings. The molecule has 0 aliphatic rings. The van der Waals surface area contributed by atoms with Gasteiger partial charge < -0.3 is 25.4 Å². The molecule has 0 bridgehead atoms. The van der Waals surface area contributed by atoms with Crippen molar-refractivity contribution in [2.45, 2.75) is 77.6 Å². The van der Waals surface area contributed by atoms with Gasteiger partial charge in [0.15, 0.2) is 0 Å². The number of hydrogen-bond donors (Lipinski definition) is 4. The van der Waals surface area contributed by atoms with Gasteiger partial charge in [-0.05, 0) is 63.5 Å². The largest absolute Gasteiger partial charge is 0.468 e. The first-order valence-corrected chi connectivity index (χ1v) is 16.8. The number of hydrogen-bond acceptors (Lipinski definition) is 9. The molecule has 238 valence electrons. The van der Waals surface area contributed by atoms with Crippen LogP contribution in [0.25, 0.3) is 0 Å². The Morgan fingerprint density at radius 1 is 0.952 bits per heavy atom. The molecular formula is C28H46N4O8S2. The number of methoxy groups -OCH3 is 1. The number of sulfonamides is 1. The highest BCUT2D eigenvalue weighted by Crippen LogP contribution is 2.10. The van der Waals surface area contributed by atoms with Gasteiger partial charge in [-0.15, -0.1) is 0 Å². The SMILES string of the molecule is COC(=O)[C@H](Cc1ccccc1)NS(=O)(=O)CCNC(=O)[C@H](CC(C)C)NC(=O)[C@H](CCSC)NC(=O)OC(C)(C)C. The summed E-state index contributed by atoms with van der Waals surface area (Å²) in [4.78, 5) is 50.7. The second-order valence-corrected chi connectivity index (χ2v) is 14.0. The van der Waals surface area contributed by atoms with Gasteiger partial charge in [0, 0.05) is 6.54 Å². The van der Waals surface area contributed by atoms with Gasteiger partial charge in [0.25, 0.3) is 0 Å². The van der Waals surface area contributed by atoms with Crippen LogP contribution in [0.1, 0.15) is 53.0 Å². The number of benzene rings is 1. The summed E-state index contributed by atoms with van der Waals surface area (Å²) in [5, 5.41) is 7.84. The molecule has 0 aromatic heterocycles. The molecular weight excluding hydrogens is 584 g/mol. The van der Waals surface area contributed by atoms with Gasteiger partial charge in [0.05, 0.1) is 12.9 Å². The molecule has 0 unspecified atom stereocenters. The lowest BCUT2D eigenvalue weighted by Crippen LogP contribution is -2.55. The van der Waals surface area contributed by atoms with E-state index in [4.69, 9.17) is 9.47 Å². The average Bonchev–Trinajstić information content (AvgIpc) is 2.88. The van der Waals surface area contributed by atoms with E-state index in [2.05, 4.69) is 20.7 Å². The number of thioether (sulfide) groups is 1. The van der Waals surface area contributed by atoms with Gasteiger partial charge in [-0.2, -0.15) is 11.8 Å². The fourth-order valence-electron chi connectivity index (χ4n) is 3.80. The second-order valence-electron chi connectivity index (χ2n) is 11.2. The summed E-state index contributed by atoms with van der Waals surface area (Å²) in [6.07, 6.45) is 1.82. The summed E-state index contributed by atoms with van der Waals surface area (Å²) in [6.45, 7) is 8.63. The number of alkyl carbamates (subject to hydrolysis) is 1. The van der Waals surface area contributed by atoms with Gasteiger partial charge in [0.2, 0.25) is 21.8 Å². The Morgan fingerprint density at radius 2 is 1.60 bits per heavy atom. The molecule has 1 aromatic carbocycles. The van der Waals surface area contributed by atoms with Gasteiger partial charge in [-0.25, -0.2) is 17.9 Å². The molecule has 0 saturated carbocycles. The average molecular weight is 631 g/mol. The van der Waals surface area contributed by atoms with Crippen LogP contribution in [-0.2, 0) is 40.3 Å². The number of carbonyl (C=O) groups excluding carboxylic acids is 4. The first kappa shape index (κ1) is 37.2. The second kappa shape index (κ2) is 18.0. The third-order valence-corrected chi connectivity index (χ3v) is 7.75. The Kier molecular flexibility index (Phi) is 15.9. The van der Waals surface area contributed by atoms with Crippen molar-refractivity contribution in [1.29, 1.82) is 0 Å². The fourth-order valence-corrected chi connectivity index (χ4v) is 5.38. The minimum atomic E-state index is -3.99. The number of nitrogens with one attached hydrogen (secondary N) is 4. The molecule has 0 spiro atoms. The van der Waals surface area contributed by atoms with E-state index in [1.807, 2.05) is 20.1 Å². The van der Waals surface area contributed by atoms with E-state index < -0.39 is 63.4 Å². The van der Waals surface area contributed by atoms with Crippen LogP contribution in [0.3, 0.4) is 0 Å². The Balaban J connectivity index is 2.85. The predicted molar refractivity (Wildman–Crippen MR) is 163 cm³/mol. The zero-order valence-corrected chi connectivity index (χ0v) is 27.2. The first-order valence-electron chi connectivity index (χ1n) is 13.7. The highest BCUT2D eigenvalue weighted by molar-refractivity contribution is 7.98. The van der Waals surface area contributed by atoms with E-state index in [1.165, 1.54) is 18.9 Å². The van der Waals surface area contributed by atoms with Crippen LogP contribution in [0.2, 0.25) is 0 Å². The van der Waals surface area contributed by atoms with Crippen molar-refractivity contribution in [3.05, 3.63) is 35.9 Å². The predicted octanol–water partition coefficient (Wildman–Crippen LogP) is 1.98. The summed E-state index contributed by atoms with van der Waals surface area (Å²) in [7, 11) is -2.82. The minimum absolute atomic E-state index is 0.0220. The minimum Gasteiger partial charge on any atom is -0.468 e. The van der Waals surface area contributed by atoms with E-state index in [-0.39, 0.29) is 25.3 Å². The number of rotatable bonds is 17. The summed E-state index contributed by atoms with van der Waals surface area (Å²) >= 11 is 1.50. The molecule has 3 atom stereocenters. The van der Waals surface area contributed by atoms with E-state index in [1.54, 1.807) is 51.1 Å². The van der Waals surface area contributed by atoms with E-state index in [9.17, 15) is 27.6 Å². The Morgan fingerprint density at radius 3 is 2.14 bits per heavy atom. The molecule has 0 fully saturated rings. The lowest BCUT2D eigenvalue weighted by atomic mass is 10.0. The van der Waals surface area contributed by atoms with Crippen LogP contribution in [0, 0.1) is 5.92 Å². The third-order valence-electron chi connectivity index (χ3n) is 5.72. The molecule has 1 rings (SSSR count). The first-order chi connectivity index (χ1) is 19.6. The number of esters is 1. The summed E-state index contributed by atoms with van der Waals surface area (Å²) in [5.74, 6) is -1.75. The molecule has 4 N–H and O–H groups in total. The Hall–Kier alpha value is -2.84. The molecule has 3 amide bonds. The molecule has 0 aliphatic carbocycles. The van der Waals surface area contributed by atoms with Crippen LogP contribution < -0.4 is 20.7 Å². The highest BCUT2D eigenvalue weighted by atomic mass is 32.2. The van der Waals surface area contributed by atoms with Gasteiger partial charge in [-0.1, -0.05) is 44.2 Å². The molecule has 14 heteroatoms. The lowest BCUT2D eigenvalue weighted by molar-refractivity contribution is -0.142. The lowest BCUT2D eigenvalue weighted by Gasteiger charge is -2.26. The normalized spacial score (nSPS) is 13.9. The maximum atomic E-state index is 13.1. The van der Waals surface area contributed by atoms with Crippen molar-refractivity contribution in [1.82, 2.24) is 20.7 Å². The van der Waals surface area contributed by atoms with Crippen LogP contribution >= 0.6 is 11.8 Å². The summed E-state index contributed by atoms with van der Waals surface area (Å²) < 4.78 is 37.9. The van der Waals surface area contributed by atoms with Crippen LogP contribution in [0.5, 0.6) is 0 Å².